The third-order valence-corrected chi connectivity index (χ3v) is 5.23. The number of aromatic nitrogens is 3. The molecule has 0 atom stereocenters. The number of hydrogen-bond donors (Lipinski definition) is 0. The van der Waals surface area contributed by atoms with Crippen LogP contribution in [0.5, 0.6) is 0 Å². The fraction of sp³-hybridized carbons (Fsp3) is 0.120. The number of hydrogen-bond acceptors (Lipinski definition) is 3. The van der Waals surface area contributed by atoms with Gasteiger partial charge in [-0.1, -0.05) is 54.1 Å². The van der Waals surface area contributed by atoms with E-state index >= 15 is 0 Å². The Morgan fingerprint density at radius 2 is 1.73 bits per heavy atom. The number of oxazole rings is 1. The second-order valence-electron chi connectivity index (χ2n) is 7.50. The van der Waals surface area contributed by atoms with Crippen LogP contribution in [0.3, 0.4) is 0 Å². The summed E-state index contributed by atoms with van der Waals surface area (Å²) in [5, 5.41) is 4.69. The van der Waals surface area contributed by atoms with Crippen LogP contribution >= 0.6 is 0 Å². The lowest BCUT2D eigenvalue weighted by atomic mass is 10.0. The number of fused-ring (bicyclic) bond motifs is 1. The van der Waals surface area contributed by atoms with Gasteiger partial charge in [0.25, 0.3) is 0 Å². The summed E-state index contributed by atoms with van der Waals surface area (Å²) < 4.78 is 22.0. The molecule has 2 aromatic heterocycles. The standard InChI is InChI=1S/C25H20FN3O/c1-16-7-9-18(10-8-16)15-29-17(2)13-23(28-29)25-27-22-14-19(11-12-24(22)30-25)20-5-3-4-6-21(20)26/h3-14H,15H2,1-2H3. The molecule has 3 aromatic carbocycles. The molecule has 0 amide bonds. The quantitative estimate of drug-likeness (QED) is 0.365. The third-order valence-electron chi connectivity index (χ3n) is 5.23. The molecule has 5 aromatic rings. The molecule has 0 radical (unpaired) electrons. The highest BCUT2D eigenvalue weighted by Crippen LogP contribution is 2.29. The van der Waals surface area contributed by atoms with E-state index in [1.165, 1.54) is 17.2 Å². The van der Waals surface area contributed by atoms with Crippen molar-refractivity contribution < 1.29 is 8.81 Å². The Kier molecular flexibility index (Phi) is 4.43. The summed E-state index contributed by atoms with van der Waals surface area (Å²) in [6.45, 7) is 4.78. The van der Waals surface area contributed by atoms with Crippen molar-refractivity contribution >= 4 is 11.1 Å². The van der Waals surface area contributed by atoms with Gasteiger partial charge in [-0.25, -0.2) is 9.37 Å². The van der Waals surface area contributed by atoms with E-state index in [1.54, 1.807) is 12.1 Å². The van der Waals surface area contributed by atoms with Crippen molar-refractivity contribution in [2.75, 3.05) is 0 Å². The molecule has 148 valence electrons. The smallest absolute Gasteiger partial charge is 0.248 e. The first-order chi connectivity index (χ1) is 14.6. The number of nitrogens with zero attached hydrogens (tertiary/aromatic N) is 3. The van der Waals surface area contributed by atoms with Gasteiger partial charge < -0.3 is 4.42 Å². The average molecular weight is 397 g/mol. The van der Waals surface area contributed by atoms with Gasteiger partial charge in [0.15, 0.2) is 5.58 Å². The van der Waals surface area contributed by atoms with Crippen LogP contribution in [-0.4, -0.2) is 14.8 Å². The molecule has 0 spiro atoms. The molecule has 0 unspecified atom stereocenters. The van der Waals surface area contributed by atoms with Gasteiger partial charge in [0.05, 0.1) is 6.54 Å². The van der Waals surface area contributed by atoms with Gasteiger partial charge in [-0.3, -0.25) is 4.68 Å². The molecule has 0 saturated heterocycles. The van der Waals surface area contributed by atoms with Crippen LogP contribution in [0.1, 0.15) is 16.8 Å². The second kappa shape index (κ2) is 7.26. The second-order valence-corrected chi connectivity index (χ2v) is 7.50. The Balaban J connectivity index is 1.48. The minimum absolute atomic E-state index is 0.258. The average Bonchev–Trinajstić information content (AvgIpc) is 3.33. The van der Waals surface area contributed by atoms with E-state index in [-0.39, 0.29) is 5.82 Å². The lowest BCUT2D eigenvalue weighted by Crippen LogP contribution is -2.03. The van der Waals surface area contributed by atoms with Crippen molar-refractivity contribution in [3.8, 4) is 22.7 Å². The van der Waals surface area contributed by atoms with Crippen LogP contribution in [-0.2, 0) is 6.54 Å². The molecule has 0 fully saturated rings. The number of rotatable bonds is 4. The summed E-state index contributed by atoms with van der Waals surface area (Å²) in [6, 6.07) is 22.6. The Bertz CT molecular complexity index is 1350. The summed E-state index contributed by atoms with van der Waals surface area (Å²) in [7, 11) is 0. The van der Waals surface area contributed by atoms with Crippen molar-refractivity contribution in [2.45, 2.75) is 20.4 Å². The van der Waals surface area contributed by atoms with Crippen molar-refractivity contribution in [1.29, 1.82) is 0 Å². The van der Waals surface area contributed by atoms with Gasteiger partial charge in [-0.2, -0.15) is 5.10 Å². The largest absolute Gasteiger partial charge is 0.435 e. The Labute approximate surface area is 173 Å². The highest BCUT2D eigenvalue weighted by Gasteiger charge is 2.15. The Hall–Kier alpha value is -3.73. The normalized spacial score (nSPS) is 11.3. The van der Waals surface area contributed by atoms with Gasteiger partial charge in [0.1, 0.15) is 17.0 Å². The van der Waals surface area contributed by atoms with Crippen LogP contribution in [0.2, 0.25) is 0 Å². The monoisotopic (exact) mass is 397 g/mol. The first-order valence-corrected chi connectivity index (χ1v) is 9.83. The van der Waals surface area contributed by atoms with Crippen molar-refractivity contribution in [3.63, 3.8) is 0 Å². The van der Waals surface area contributed by atoms with E-state index < -0.39 is 0 Å². The van der Waals surface area contributed by atoms with Gasteiger partial charge in [-0.05, 0) is 49.2 Å². The predicted molar refractivity (Wildman–Crippen MR) is 116 cm³/mol. The summed E-state index contributed by atoms with van der Waals surface area (Å²) in [6.07, 6.45) is 0. The highest BCUT2D eigenvalue weighted by molar-refractivity contribution is 5.82. The fourth-order valence-corrected chi connectivity index (χ4v) is 3.54. The van der Waals surface area contributed by atoms with Crippen LogP contribution in [0.25, 0.3) is 33.8 Å². The van der Waals surface area contributed by atoms with E-state index in [0.717, 1.165) is 11.3 Å². The molecule has 0 bridgehead atoms. The van der Waals surface area contributed by atoms with E-state index in [4.69, 9.17) is 4.42 Å². The predicted octanol–water partition coefficient (Wildman–Crippen LogP) is 6.16. The van der Waals surface area contributed by atoms with E-state index in [1.807, 2.05) is 41.9 Å². The van der Waals surface area contributed by atoms with E-state index in [0.29, 0.717) is 34.8 Å². The Morgan fingerprint density at radius 3 is 2.53 bits per heavy atom. The maximum Gasteiger partial charge on any atom is 0.248 e. The van der Waals surface area contributed by atoms with Crippen LogP contribution in [0.4, 0.5) is 4.39 Å². The molecule has 0 N–H and O–H groups in total. The molecule has 5 heteroatoms. The van der Waals surface area contributed by atoms with Crippen LogP contribution in [0, 0.1) is 19.7 Å². The topological polar surface area (TPSA) is 43.9 Å². The number of benzene rings is 3. The fourth-order valence-electron chi connectivity index (χ4n) is 3.54. The molecule has 2 heterocycles. The molecule has 0 aliphatic heterocycles. The molecule has 0 aliphatic rings. The zero-order valence-corrected chi connectivity index (χ0v) is 16.8. The zero-order valence-electron chi connectivity index (χ0n) is 16.8. The van der Waals surface area contributed by atoms with Gasteiger partial charge in [0, 0.05) is 11.3 Å². The van der Waals surface area contributed by atoms with E-state index in [9.17, 15) is 4.39 Å². The first-order valence-electron chi connectivity index (χ1n) is 9.83. The minimum atomic E-state index is -0.258. The maximum atomic E-state index is 14.1. The van der Waals surface area contributed by atoms with Gasteiger partial charge in [-0.15, -0.1) is 0 Å². The third kappa shape index (κ3) is 3.39. The summed E-state index contributed by atoms with van der Waals surface area (Å²) in [5.41, 5.74) is 6.77. The molecule has 30 heavy (non-hydrogen) atoms. The van der Waals surface area contributed by atoms with Crippen molar-refractivity contribution in [3.05, 3.63) is 95.4 Å². The summed E-state index contributed by atoms with van der Waals surface area (Å²) in [4.78, 5) is 4.61. The lowest BCUT2D eigenvalue weighted by molar-refractivity contribution is 0.608. The molecular formula is C25H20FN3O. The number of aryl methyl sites for hydroxylation is 2. The molecule has 0 aliphatic carbocycles. The van der Waals surface area contributed by atoms with E-state index in [2.05, 4.69) is 41.3 Å². The Morgan fingerprint density at radius 1 is 0.933 bits per heavy atom. The first kappa shape index (κ1) is 18.3. The lowest BCUT2D eigenvalue weighted by Gasteiger charge is -2.04. The molecule has 5 rings (SSSR count). The van der Waals surface area contributed by atoms with Crippen LogP contribution < -0.4 is 0 Å². The van der Waals surface area contributed by atoms with Crippen molar-refractivity contribution in [1.82, 2.24) is 14.8 Å². The summed E-state index contributed by atoms with van der Waals surface area (Å²) in [5.74, 6) is 0.201. The SMILES string of the molecule is Cc1ccc(Cn2nc(-c3nc4cc(-c5ccccc5F)ccc4o3)cc2C)cc1. The maximum absolute atomic E-state index is 14.1. The molecule has 4 nitrogen and oxygen atoms in total. The van der Waals surface area contributed by atoms with Crippen molar-refractivity contribution in [2.24, 2.45) is 0 Å². The minimum Gasteiger partial charge on any atom is -0.435 e. The zero-order chi connectivity index (χ0) is 20.7. The molecule has 0 saturated carbocycles. The highest BCUT2D eigenvalue weighted by atomic mass is 19.1. The summed E-state index contributed by atoms with van der Waals surface area (Å²) >= 11 is 0. The number of halogens is 1. The van der Waals surface area contributed by atoms with Crippen LogP contribution in [0.15, 0.2) is 77.2 Å². The van der Waals surface area contributed by atoms with Gasteiger partial charge in [0.2, 0.25) is 5.89 Å². The molecular weight excluding hydrogens is 377 g/mol. The van der Waals surface area contributed by atoms with Gasteiger partial charge >= 0.3 is 0 Å².